The number of aryl methyl sites for hydroxylation is 1. The number of hydrogen-bond acceptors (Lipinski definition) is 3. The molecule has 15 heavy (non-hydrogen) atoms. The van der Waals surface area contributed by atoms with Crippen LogP contribution in [0.4, 0.5) is 0 Å². The van der Waals surface area contributed by atoms with Gasteiger partial charge >= 0.3 is 0 Å². The first kappa shape index (κ1) is 10.1. The highest BCUT2D eigenvalue weighted by molar-refractivity contribution is 6.30. The average molecular weight is 224 g/mol. The lowest BCUT2D eigenvalue weighted by Crippen LogP contribution is -1.95. The molecule has 0 fully saturated rings. The van der Waals surface area contributed by atoms with E-state index in [1.807, 2.05) is 6.92 Å². The topological polar surface area (TPSA) is 35.3 Å². The molecule has 0 saturated heterocycles. The second-order valence-electron chi connectivity index (χ2n) is 3.13. The Morgan fingerprint density at radius 3 is 2.67 bits per heavy atom. The summed E-state index contributed by atoms with van der Waals surface area (Å²) < 4.78 is 10.6. The fourth-order valence-corrected chi connectivity index (χ4v) is 1.27. The van der Waals surface area contributed by atoms with E-state index in [2.05, 4.69) is 4.98 Å². The fourth-order valence-electron chi connectivity index (χ4n) is 1.14. The largest absolute Gasteiger partial charge is 0.484 e. The van der Waals surface area contributed by atoms with Crippen molar-refractivity contribution in [2.75, 3.05) is 0 Å². The average Bonchev–Trinajstić information content (AvgIpc) is 2.64. The third-order valence-electron chi connectivity index (χ3n) is 1.84. The first-order valence-electron chi connectivity index (χ1n) is 4.53. The Morgan fingerprint density at radius 2 is 2.07 bits per heavy atom. The van der Waals surface area contributed by atoms with Crippen LogP contribution >= 0.6 is 11.6 Å². The summed E-state index contributed by atoms with van der Waals surface area (Å²) in [6, 6.07) is 7.16. The first-order chi connectivity index (χ1) is 7.24. The molecule has 3 nitrogen and oxygen atoms in total. The number of oxazole rings is 1. The van der Waals surface area contributed by atoms with Crippen LogP contribution in [0.3, 0.4) is 0 Å². The molecular weight excluding hydrogens is 214 g/mol. The maximum atomic E-state index is 5.75. The van der Waals surface area contributed by atoms with Crippen LogP contribution in [0.15, 0.2) is 34.9 Å². The summed E-state index contributed by atoms with van der Waals surface area (Å²) in [5.41, 5.74) is 0.852. The Hall–Kier alpha value is -1.48. The molecule has 0 amide bonds. The third kappa shape index (κ3) is 2.73. The number of nitrogens with zero attached hydrogens (tertiary/aromatic N) is 1. The minimum atomic E-state index is 0.329. The summed E-state index contributed by atoms with van der Waals surface area (Å²) in [4.78, 5) is 4.13. The Bertz CT molecular complexity index is 436. The SMILES string of the molecule is Cc1coc(COc2ccc(Cl)cc2)n1. The number of aromatic nitrogens is 1. The molecule has 0 aliphatic rings. The van der Waals surface area contributed by atoms with Crippen LogP contribution < -0.4 is 4.74 Å². The molecule has 1 aromatic heterocycles. The molecule has 0 bridgehead atoms. The molecule has 0 radical (unpaired) electrons. The van der Waals surface area contributed by atoms with E-state index in [1.54, 1.807) is 30.5 Å². The van der Waals surface area contributed by atoms with Crippen molar-refractivity contribution in [2.24, 2.45) is 0 Å². The van der Waals surface area contributed by atoms with E-state index in [0.29, 0.717) is 17.5 Å². The Kier molecular flexibility index (Phi) is 2.92. The molecule has 0 spiro atoms. The van der Waals surface area contributed by atoms with Gasteiger partial charge in [-0.1, -0.05) is 11.6 Å². The van der Waals surface area contributed by atoms with E-state index < -0.39 is 0 Å². The maximum Gasteiger partial charge on any atom is 0.232 e. The second kappa shape index (κ2) is 4.36. The van der Waals surface area contributed by atoms with Crippen LogP contribution in [-0.4, -0.2) is 4.98 Å². The lowest BCUT2D eigenvalue weighted by Gasteiger charge is -2.02. The van der Waals surface area contributed by atoms with Crippen LogP contribution in [0.2, 0.25) is 5.02 Å². The van der Waals surface area contributed by atoms with Gasteiger partial charge in [0.1, 0.15) is 12.0 Å². The summed E-state index contributed by atoms with van der Waals surface area (Å²) in [7, 11) is 0. The Labute approximate surface area is 92.6 Å². The van der Waals surface area contributed by atoms with Gasteiger partial charge in [-0.05, 0) is 31.2 Å². The van der Waals surface area contributed by atoms with Gasteiger partial charge in [0.2, 0.25) is 5.89 Å². The van der Waals surface area contributed by atoms with Crippen LogP contribution in [-0.2, 0) is 6.61 Å². The van der Waals surface area contributed by atoms with Crippen molar-refractivity contribution in [2.45, 2.75) is 13.5 Å². The molecule has 0 aliphatic heterocycles. The summed E-state index contributed by atoms with van der Waals surface area (Å²) >= 11 is 5.75. The predicted molar refractivity (Wildman–Crippen MR) is 57.0 cm³/mol. The minimum Gasteiger partial charge on any atom is -0.484 e. The van der Waals surface area contributed by atoms with Crippen molar-refractivity contribution in [3.8, 4) is 5.75 Å². The summed E-state index contributed by atoms with van der Waals surface area (Å²) in [6.45, 7) is 2.20. The molecule has 0 atom stereocenters. The number of ether oxygens (including phenoxy) is 1. The van der Waals surface area contributed by atoms with Gasteiger partial charge in [-0.25, -0.2) is 4.98 Å². The summed E-state index contributed by atoms with van der Waals surface area (Å²) in [6.07, 6.45) is 1.60. The lowest BCUT2D eigenvalue weighted by atomic mass is 10.3. The fraction of sp³-hybridized carbons (Fsp3) is 0.182. The molecule has 0 N–H and O–H groups in total. The molecule has 0 unspecified atom stereocenters. The second-order valence-corrected chi connectivity index (χ2v) is 3.56. The van der Waals surface area contributed by atoms with Gasteiger partial charge < -0.3 is 9.15 Å². The summed E-state index contributed by atoms with van der Waals surface area (Å²) in [5, 5.41) is 0.689. The van der Waals surface area contributed by atoms with Gasteiger partial charge in [0, 0.05) is 5.02 Å². The molecule has 4 heteroatoms. The van der Waals surface area contributed by atoms with Crippen LogP contribution in [0.1, 0.15) is 11.6 Å². The van der Waals surface area contributed by atoms with E-state index in [-0.39, 0.29) is 0 Å². The van der Waals surface area contributed by atoms with E-state index in [0.717, 1.165) is 11.4 Å². The van der Waals surface area contributed by atoms with E-state index in [1.165, 1.54) is 0 Å². The van der Waals surface area contributed by atoms with Gasteiger partial charge in [-0.2, -0.15) is 0 Å². The van der Waals surface area contributed by atoms with Crippen molar-refractivity contribution < 1.29 is 9.15 Å². The van der Waals surface area contributed by atoms with Gasteiger partial charge in [-0.3, -0.25) is 0 Å². The van der Waals surface area contributed by atoms with Crippen molar-refractivity contribution in [3.05, 3.63) is 47.1 Å². The highest BCUT2D eigenvalue weighted by Gasteiger charge is 2.01. The molecule has 2 rings (SSSR count). The van der Waals surface area contributed by atoms with Crippen molar-refractivity contribution in [1.82, 2.24) is 4.98 Å². The normalized spacial score (nSPS) is 10.3. The molecule has 2 aromatic rings. The van der Waals surface area contributed by atoms with E-state index in [4.69, 9.17) is 20.8 Å². The smallest absolute Gasteiger partial charge is 0.232 e. The molecular formula is C11H10ClNO2. The van der Waals surface area contributed by atoms with Crippen LogP contribution in [0, 0.1) is 6.92 Å². The van der Waals surface area contributed by atoms with Gasteiger partial charge in [-0.15, -0.1) is 0 Å². The zero-order valence-electron chi connectivity index (χ0n) is 8.24. The monoisotopic (exact) mass is 223 g/mol. The van der Waals surface area contributed by atoms with Gasteiger partial charge in [0.05, 0.1) is 5.69 Å². The molecule has 1 aromatic carbocycles. The number of benzene rings is 1. The van der Waals surface area contributed by atoms with Crippen LogP contribution in [0.25, 0.3) is 0 Å². The third-order valence-corrected chi connectivity index (χ3v) is 2.09. The van der Waals surface area contributed by atoms with E-state index >= 15 is 0 Å². The van der Waals surface area contributed by atoms with Crippen molar-refractivity contribution in [3.63, 3.8) is 0 Å². The van der Waals surface area contributed by atoms with E-state index in [9.17, 15) is 0 Å². The number of rotatable bonds is 3. The predicted octanol–water partition coefficient (Wildman–Crippen LogP) is 3.22. The molecule has 0 aliphatic carbocycles. The maximum absolute atomic E-state index is 5.75. The quantitative estimate of drug-likeness (QED) is 0.802. The van der Waals surface area contributed by atoms with Crippen molar-refractivity contribution in [1.29, 1.82) is 0 Å². The molecule has 78 valence electrons. The zero-order chi connectivity index (χ0) is 10.7. The van der Waals surface area contributed by atoms with Gasteiger partial charge in [0.15, 0.2) is 6.61 Å². The summed E-state index contributed by atoms with van der Waals surface area (Å²) in [5.74, 6) is 1.32. The Morgan fingerprint density at radius 1 is 1.33 bits per heavy atom. The lowest BCUT2D eigenvalue weighted by molar-refractivity contribution is 0.263. The zero-order valence-corrected chi connectivity index (χ0v) is 8.99. The number of halogens is 1. The number of hydrogen-bond donors (Lipinski definition) is 0. The standard InChI is InChI=1S/C11H10ClNO2/c1-8-6-15-11(13-8)7-14-10-4-2-9(12)3-5-10/h2-6H,7H2,1H3. The highest BCUT2D eigenvalue weighted by Crippen LogP contribution is 2.16. The first-order valence-corrected chi connectivity index (χ1v) is 4.91. The van der Waals surface area contributed by atoms with Crippen LogP contribution in [0.5, 0.6) is 5.75 Å². The minimum absolute atomic E-state index is 0.329. The Balaban J connectivity index is 1.96. The van der Waals surface area contributed by atoms with Crippen molar-refractivity contribution >= 4 is 11.6 Å². The highest BCUT2D eigenvalue weighted by atomic mass is 35.5. The molecule has 1 heterocycles. The molecule has 0 saturated carbocycles. The van der Waals surface area contributed by atoms with Gasteiger partial charge in [0.25, 0.3) is 0 Å².